The standard InChI is InChI=1S/C34H48O14/c1-16(2)11-24(37)43-14-21-9-10-22(45-19(6)35)32(8)27(30(46-20(7)36)34(42)18(5)31(41)47-23(34)13-21)33(15-44-33)29(40)26(28(32)39)48-25(38)12-17(3)4/h9-10,13,16-18,22-23,26-30,39-40,42H,11-12,14-15H2,1-8H3/b10-9-,21-13+/t18-,22-,23-,26+,27+,28-,29+,30-,32+,33-,34-/m0/s1. The lowest BCUT2D eigenvalue weighted by Gasteiger charge is -2.58. The zero-order chi connectivity index (χ0) is 35.9. The molecule has 2 heterocycles. The highest BCUT2D eigenvalue weighted by Gasteiger charge is 2.79. The number of hydrogen-bond donors (Lipinski definition) is 3. The molecule has 4 rings (SSSR count). The van der Waals surface area contributed by atoms with E-state index in [0.717, 1.165) is 13.8 Å². The van der Waals surface area contributed by atoms with E-state index in [1.54, 1.807) is 13.8 Å². The number of epoxide rings is 1. The van der Waals surface area contributed by atoms with Gasteiger partial charge < -0.3 is 43.7 Å². The van der Waals surface area contributed by atoms with Gasteiger partial charge in [0.05, 0.1) is 12.5 Å². The Hall–Kier alpha value is -3.33. The normalized spacial score (nSPS) is 40.5. The fourth-order valence-corrected chi connectivity index (χ4v) is 7.33. The van der Waals surface area contributed by atoms with Crippen molar-refractivity contribution in [1.29, 1.82) is 0 Å². The molecule has 3 fully saturated rings. The summed E-state index contributed by atoms with van der Waals surface area (Å²) < 4.78 is 34.3. The van der Waals surface area contributed by atoms with Gasteiger partial charge in [-0.05, 0) is 36.5 Å². The summed E-state index contributed by atoms with van der Waals surface area (Å²) in [4.78, 5) is 64.0. The van der Waals surface area contributed by atoms with Gasteiger partial charge in [-0.2, -0.15) is 0 Å². The Labute approximate surface area is 279 Å². The number of hydrogen-bond acceptors (Lipinski definition) is 14. The molecule has 2 aliphatic heterocycles. The van der Waals surface area contributed by atoms with Crippen molar-refractivity contribution in [2.45, 2.75) is 116 Å². The Kier molecular flexibility index (Phi) is 10.8. The molecule has 0 aromatic heterocycles. The second-order valence-electron chi connectivity index (χ2n) is 14.4. The largest absolute Gasteiger partial charge is 0.461 e. The molecule has 4 aliphatic rings. The lowest BCUT2D eigenvalue weighted by molar-refractivity contribution is -0.273. The van der Waals surface area contributed by atoms with Gasteiger partial charge in [-0.1, -0.05) is 40.7 Å². The quantitative estimate of drug-likeness (QED) is 0.179. The van der Waals surface area contributed by atoms with Crippen LogP contribution in [0.4, 0.5) is 0 Å². The predicted octanol–water partition coefficient (Wildman–Crippen LogP) is 1.31. The number of aliphatic hydroxyl groups is 3. The maximum absolute atomic E-state index is 13.2. The molecule has 48 heavy (non-hydrogen) atoms. The van der Waals surface area contributed by atoms with Crippen LogP contribution >= 0.6 is 0 Å². The van der Waals surface area contributed by atoms with Crippen LogP contribution in [-0.4, -0.2) is 106 Å². The van der Waals surface area contributed by atoms with E-state index < -0.39 is 94.9 Å². The van der Waals surface area contributed by atoms with Gasteiger partial charge in [0.1, 0.15) is 36.6 Å². The van der Waals surface area contributed by atoms with Gasteiger partial charge in [0.25, 0.3) is 0 Å². The summed E-state index contributed by atoms with van der Waals surface area (Å²) in [5.74, 6) is -6.55. The van der Waals surface area contributed by atoms with Gasteiger partial charge in [0, 0.05) is 38.0 Å². The van der Waals surface area contributed by atoms with Crippen LogP contribution in [0.3, 0.4) is 0 Å². The second kappa shape index (κ2) is 13.9. The average Bonchev–Trinajstić information content (AvgIpc) is 3.73. The molecule has 0 aromatic carbocycles. The molecule has 268 valence electrons. The first-order chi connectivity index (χ1) is 22.3. The predicted molar refractivity (Wildman–Crippen MR) is 164 cm³/mol. The number of rotatable bonds is 9. The van der Waals surface area contributed by atoms with E-state index in [1.165, 1.54) is 32.1 Å². The first kappa shape index (κ1) is 37.5. The first-order valence-electron chi connectivity index (χ1n) is 16.3. The number of aliphatic hydroxyl groups excluding tert-OH is 2. The SMILES string of the molecule is CC(=O)O[C@H]1/C=C\C(COC(=O)CC(C)C)=C/[C@@H]2OC(=O)[C@H](C)[C@@]2(O)[C@@H](OC(C)=O)[C@H]2[C@@]3(CO3)[C@H](O)[C@H](OC(=O)CC(C)C)[C@H](O)[C@]12C. The van der Waals surface area contributed by atoms with Gasteiger partial charge in [0.2, 0.25) is 0 Å². The van der Waals surface area contributed by atoms with E-state index in [1.807, 2.05) is 13.8 Å². The highest BCUT2D eigenvalue weighted by atomic mass is 16.6. The van der Waals surface area contributed by atoms with E-state index in [0.29, 0.717) is 0 Å². The maximum atomic E-state index is 13.2. The Morgan fingerprint density at radius 2 is 1.54 bits per heavy atom. The van der Waals surface area contributed by atoms with Crippen LogP contribution in [0.15, 0.2) is 23.8 Å². The van der Waals surface area contributed by atoms with Crippen molar-refractivity contribution in [3.05, 3.63) is 23.8 Å². The van der Waals surface area contributed by atoms with Gasteiger partial charge in [-0.3, -0.25) is 24.0 Å². The Morgan fingerprint density at radius 3 is 2.08 bits per heavy atom. The zero-order valence-corrected chi connectivity index (χ0v) is 28.7. The summed E-state index contributed by atoms with van der Waals surface area (Å²) in [5, 5.41) is 36.6. The fraction of sp³-hybridized carbons (Fsp3) is 0.735. The molecular formula is C34H48O14. The average molecular weight is 681 g/mol. The molecule has 1 spiro atoms. The molecule has 2 saturated heterocycles. The van der Waals surface area contributed by atoms with Crippen molar-refractivity contribution in [2.75, 3.05) is 13.2 Å². The molecular weight excluding hydrogens is 632 g/mol. The lowest BCUT2D eigenvalue weighted by atomic mass is 9.51. The van der Waals surface area contributed by atoms with Crippen LogP contribution in [0.25, 0.3) is 0 Å². The number of fused-ring (bicyclic) bond motifs is 3. The minimum absolute atomic E-state index is 0.00482. The van der Waals surface area contributed by atoms with Crippen molar-refractivity contribution in [3.8, 4) is 0 Å². The third-order valence-electron chi connectivity index (χ3n) is 9.81. The summed E-state index contributed by atoms with van der Waals surface area (Å²) in [6.45, 7) is 11.8. The molecule has 0 radical (unpaired) electrons. The van der Waals surface area contributed by atoms with Crippen LogP contribution in [-0.2, 0) is 52.4 Å². The molecule has 0 amide bonds. The summed E-state index contributed by atoms with van der Waals surface area (Å²) in [6, 6.07) is 0. The monoisotopic (exact) mass is 680 g/mol. The van der Waals surface area contributed by atoms with Crippen molar-refractivity contribution in [3.63, 3.8) is 0 Å². The van der Waals surface area contributed by atoms with E-state index in [-0.39, 0.29) is 43.5 Å². The fourth-order valence-electron chi connectivity index (χ4n) is 7.33. The van der Waals surface area contributed by atoms with Gasteiger partial charge >= 0.3 is 29.8 Å². The smallest absolute Gasteiger partial charge is 0.312 e. The summed E-state index contributed by atoms with van der Waals surface area (Å²) in [6.07, 6.45) is -5.45. The molecule has 0 bridgehead atoms. The molecule has 14 nitrogen and oxygen atoms in total. The van der Waals surface area contributed by atoms with Crippen molar-refractivity contribution in [1.82, 2.24) is 0 Å². The summed E-state index contributed by atoms with van der Waals surface area (Å²) in [5.41, 5.74) is -5.69. The zero-order valence-electron chi connectivity index (χ0n) is 28.7. The van der Waals surface area contributed by atoms with Gasteiger partial charge in [0.15, 0.2) is 17.8 Å². The van der Waals surface area contributed by atoms with Crippen molar-refractivity contribution in [2.24, 2.45) is 29.1 Å². The topological polar surface area (TPSA) is 205 Å². The van der Waals surface area contributed by atoms with Crippen molar-refractivity contribution >= 4 is 29.8 Å². The Bertz CT molecular complexity index is 1350. The highest BCUT2D eigenvalue weighted by molar-refractivity contribution is 5.78. The Balaban J connectivity index is 1.97. The summed E-state index contributed by atoms with van der Waals surface area (Å²) in [7, 11) is 0. The second-order valence-corrected chi connectivity index (χ2v) is 14.4. The van der Waals surface area contributed by atoms with Gasteiger partial charge in [-0.15, -0.1) is 0 Å². The van der Waals surface area contributed by atoms with Crippen molar-refractivity contribution < 1.29 is 67.7 Å². The van der Waals surface area contributed by atoms with Crippen LogP contribution < -0.4 is 0 Å². The minimum Gasteiger partial charge on any atom is -0.461 e. The van der Waals surface area contributed by atoms with E-state index >= 15 is 0 Å². The third-order valence-corrected chi connectivity index (χ3v) is 9.81. The summed E-state index contributed by atoms with van der Waals surface area (Å²) >= 11 is 0. The molecule has 0 aromatic rings. The third kappa shape index (κ3) is 6.89. The Morgan fingerprint density at radius 1 is 0.958 bits per heavy atom. The van der Waals surface area contributed by atoms with Crippen LogP contribution in [0.2, 0.25) is 0 Å². The first-order valence-corrected chi connectivity index (χ1v) is 16.3. The van der Waals surface area contributed by atoms with E-state index in [4.69, 9.17) is 28.4 Å². The number of ether oxygens (including phenoxy) is 6. The van der Waals surface area contributed by atoms with Crippen LogP contribution in [0.5, 0.6) is 0 Å². The molecule has 11 atom stereocenters. The van der Waals surface area contributed by atoms with E-state index in [9.17, 15) is 39.3 Å². The van der Waals surface area contributed by atoms with E-state index in [2.05, 4.69) is 0 Å². The number of carbonyl (C=O) groups excluding carboxylic acids is 5. The molecule has 3 N–H and O–H groups in total. The van der Waals surface area contributed by atoms with Crippen LogP contribution in [0.1, 0.15) is 68.2 Å². The highest BCUT2D eigenvalue weighted by Crippen LogP contribution is 2.62. The lowest BCUT2D eigenvalue weighted by Crippen LogP contribution is -2.75. The van der Waals surface area contributed by atoms with Gasteiger partial charge in [-0.25, -0.2) is 0 Å². The number of carbonyl (C=O) groups is 5. The molecule has 1 saturated carbocycles. The number of esters is 5. The molecule has 14 heteroatoms. The maximum Gasteiger partial charge on any atom is 0.312 e. The minimum atomic E-state index is -2.35. The molecule has 0 unspecified atom stereocenters. The van der Waals surface area contributed by atoms with Crippen LogP contribution in [0, 0.1) is 29.1 Å². The molecule has 2 aliphatic carbocycles.